The Hall–Kier alpha value is -3.11. The predicted octanol–water partition coefficient (Wildman–Crippen LogP) is 6.13. The van der Waals surface area contributed by atoms with Crippen molar-refractivity contribution in [3.05, 3.63) is 95.0 Å². The number of hydrogen-bond acceptors (Lipinski definition) is 3. The molecule has 0 bridgehead atoms. The maximum Gasteiger partial charge on any atom is 0.261 e. The fourth-order valence-corrected chi connectivity index (χ4v) is 6.42. The topological polar surface area (TPSA) is 35.9 Å². The summed E-state index contributed by atoms with van der Waals surface area (Å²) in [4.78, 5) is 16.7. The normalized spacial score (nSPS) is 25.8. The lowest BCUT2D eigenvalue weighted by atomic mass is 9.64. The zero-order chi connectivity index (χ0) is 23.3. The number of para-hydroxylation sites is 1. The minimum absolute atomic E-state index is 0.0610. The molecule has 3 aromatic carbocycles. The van der Waals surface area contributed by atoms with Crippen molar-refractivity contribution in [1.82, 2.24) is 0 Å². The molecule has 3 aromatic rings. The summed E-state index contributed by atoms with van der Waals surface area (Å²) in [6, 6.07) is 26.7. The largest absolute Gasteiger partial charge is 0.367 e. The Morgan fingerprint density at radius 2 is 1.76 bits per heavy atom. The number of carbonyl (C=O) groups is 1. The molecular weight excluding hydrogens is 442 g/mol. The average molecular weight is 470 g/mol. The van der Waals surface area contributed by atoms with Crippen LogP contribution in [0.4, 0.5) is 11.4 Å². The molecule has 0 N–H and O–H groups in total. The van der Waals surface area contributed by atoms with E-state index < -0.39 is 5.41 Å². The highest BCUT2D eigenvalue weighted by Gasteiger charge is 2.59. The van der Waals surface area contributed by atoms with E-state index in [1.54, 1.807) is 5.01 Å². The van der Waals surface area contributed by atoms with Gasteiger partial charge in [0.05, 0.1) is 11.4 Å². The van der Waals surface area contributed by atoms with Gasteiger partial charge in [0.15, 0.2) is 0 Å². The molecule has 1 spiro atoms. The van der Waals surface area contributed by atoms with Crippen molar-refractivity contribution in [2.24, 2.45) is 16.4 Å². The summed E-state index contributed by atoms with van der Waals surface area (Å²) < 4.78 is 0. The van der Waals surface area contributed by atoms with E-state index in [1.807, 2.05) is 43.3 Å². The van der Waals surface area contributed by atoms with E-state index in [9.17, 15) is 4.79 Å². The summed E-state index contributed by atoms with van der Waals surface area (Å²) in [6.45, 7) is 2.96. The van der Waals surface area contributed by atoms with Crippen LogP contribution in [0.2, 0.25) is 5.02 Å². The number of carbonyl (C=O) groups excluding carboxylic acids is 1. The summed E-state index contributed by atoms with van der Waals surface area (Å²) in [5.41, 5.74) is 4.81. The van der Waals surface area contributed by atoms with Crippen molar-refractivity contribution < 1.29 is 4.79 Å². The SMILES string of the molecule is CC1=NN(c2ccccc2)C(=O)[C@]12Cc1ccc(Cl)cc1N1CC[C@H](Cc3ccccc3)C[C@H]12. The molecule has 172 valence electrons. The molecule has 0 aliphatic carbocycles. The van der Waals surface area contributed by atoms with Gasteiger partial charge in [-0.25, -0.2) is 0 Å². The van der Waals surface area contributed by atoms with Gasteiger partial charge in [-0.2, -0.15) is 10.1 Å². The van der Waals surface area contributed by atoms with Gasteiger partial charge < -0.3 is 4.90 Å². The van der Waals surface area contributed by atoms with Gasteiger partial charge in [-0.1, -0.05) is 66.2 Å². The molecule has 3 heterocycles. The standard InChI is InChI=1S/C29H28ClN3O/c1-20-29(28(34)33(31-20)25-10-6-3-7-11-25)19-23-12-13-24(30)18-26(23)32-15-14-22(17-27(29)32)16-21-8-4-2-5-9-21/h2-13,18,22,27H,14-17,19H2,1H3/t22-,27+,29-/m1/s1. The lowest BCUT2D eigenvalue weighted by Crippen LogP contribution is -2.62. The second kappa shape index (κ2) is 8.28. The monoisotopic (exact) mass is 469 g/mol. The molecule has 0 saturated carbocycles. The second-order valence-corrected chi connectivity index (χ2v) is 10.3. The number of rotatable bonds is 3. The van der Waals surface area contributed by atoms with Crippen LogP contribution >= 0.6 is 11.6 Å². The third-order valence-electron chi connectivity index (χ3n) is 7.94. The van der Waals surface area contributed by atoms with E-state index in [0.29, 0.717) is 12.3 Å². The van der Waals surface area contributed by atoms with Crippen molar-refractivity contribution in [3.8, 4) is 0 Å². The fourth-order valence-electron chi connectivity index (χ4n) is 6.26. The molecule has 1 saturated heterocycles. The Bertz CT molecular complexity index is 1260. The summed E-state index contributed by atoms with van der Waals surface area (Å²) in [7, 11) is 0. The van der Waals surface area contributed by atoms with Crippen LogP contribution < -0.4 is 9.91 Å². The Balaban J connectivity index is 1.41. The maximum absolute atomic E-state index is 14.2. The van der Waals surface area contributed by atoms with Gasteiger partial charge in [-0.3, -0.25) is 4.79 Å². The molecule has 5 heteroatoms. The first kappa shape index (κ1) is 21.4. The van der Waals surface area contributed by atoms with Crippen LogP contribution in [-0.4, -0.2) is 24.2 Å². The quantitative estimate of drug-likeness (QED) is 0.462. The fraction of sp³-hybridized carbons (Fsp3) is 0.310. The molecule has 3 aliphatic rings. The van der Waals surface area contributed by atoms with Crippen LogP contribution in [0.25, 0.3) is 0 Å². The minimum Gasteiger partial charge on any atom is -0.367 e. The summed E-state index contributed by atoms with van der Waals surface area (Å²) in [6.07, 6.45) is 3.76. The molecule has 0 radical (unpaired) electrons. The maximum atomic E-state index is 14.2. The summed E-state index contributed by atoms with van der Waals surface area (Å²) in [5.74, 6) is 0.611. The lowest BCUT2D eigenvalue weighted by molar-refractivity contribution is -0.125. The van der Waals surface area contributed by atoms with Gasteiger partial charge >= 0.3 is 0 Å². The number of nitrogens with zero attached hydrogens (tertiary/aromatic N) is 3. The Morgan fingerprint density at radius 3 is 2.53 bits per heavy atom. The van der Waals surface area contributed by atoms with Crippen LogP contribution in [0.3, 0.4) is 0 Å². The summed E-state index contributed by atoms with van der Waals surface area (Å²) in [5, 5.41) is 7.23. The van der Waals surface area contributed by atoms with Gasteiger partial charge in [0.25, 0.3) is 5.91 Å². The smallest absolute Gasteiger partial charge is 0.261 e. The Kier molecular flexibility index (Phi) is 5.22. The van der Waals surface area contributed by atoms with E-state index in [0.717, 1.165) is 42.2 Å². The number of benzene rings is 3. The van der Waals surface area contributed by atoms with Crippen molar-refractivity contribution in [2.75, 3.05) is 16.5 Å². The molecule has 6 rings (SSSR count). The number of amides is 1. The molecule has 4 nitrogen and oxygen atoms in total. The van der Waals surface area contributed by atoms with Crippen LogP contribution in [0.1, 0.15) is 30.9 Å². The lowest BCUT2D eigenvalue weighted by Gasteiger charge is -2.52. The van der Waals surface area contributed by atoms with Gasteiger partial charge in [0.2, 0.25) is 0 Å². The number of anilines is 2. The molecule has 3 aliphatic heterocycles. The third kappa shape index (κ3) is 3.35. The number of fused-ring (bicyclic) bond motifs is 4. The molecule has 1 fully saturated rings. The first-order valence-corrected chi connectivity index (χ1v) is 12.5. The third-order valence-corrected chi connectivity index (χ3v) is 8.18. The highest BCUT2D eigenvalue weighted by atomic mass is 35.5. The number of hydrogen-bond donors (Lipinski definition) is 0. The van der Waals surface area contributed by atoms with E-state index in [1.165, 1.54) is 16.8 Å². The number of hydrazone groups is 1. The van der Waals surface area contributed by atoms with Gasteiger partial charge in [0, 0.05) is 23.3 Å². The molecular formula is C29H28ClN3O. The zero-order valence-electron chi connectivity index (χ0n) is 19.3. The number of piperidine rings is 1. The van der Waals surface area contributed by atoms with Crippen LogP contribution in [0, 0.1) is 11.3 Å². The van der Waals surface area contributed by atoms with Gasteiger partial charge in [-0.05, 0) is 73.9 Å². The highest BCUT2D eigenvalue weighted by molar-refractivity contribution is 6.31. The first-order valence-electron chi connectivity index (χ1n) is 12.1. The van der Waals surface area contributed by atoms with Crippen molar-refractivity contribution in [1.29, 1.82) is 0 Å². The van der Waals surface area contributed by atoms with Crippen LogP contribution in [-0.2, 0) is 17.6 Å². The molecule has 3 atom stereocenters. The first-order chi connectivity index (χ1) is 16.6. The highest BCUT2D eigenvalue weighted by Crippen LogP contribution is 2.51. The number of halogens is 1. The summed E-state index contributed by atoms with van der Waals surface area (Å²) >= 11 is 6.43. The van der Waals surface area contributed by atoms with Crippen molar-refractivity contribution in [2.45, 2.75) is 38.6 Å². The van der Waals surface area contributed by atoms with E-state index in [-0.39, 0.29) is 11.9 Å². The van der Waals surface area contributed by atoms with Crippen LogP contribution in [0.15, 0.2) is 84.0 Å². The van der Waals surface area contributed by atoms with Crippen molar-refractivity contribution >= 4 is 34.6 Å². The average Bonchev–Trinajstić information content (AvgIpc) is 3.11. The molecule has 0 unspecified atom stereocenters. The Morgan fingerprint density at radius 1 is 1.03 bits per heavy atom. The second-order valence-electron chi connectivity index (χ2n) is 9.85. The predicted molar refractivity (Wildman–Crippen MR) is 139 cm³/mol. The Labute approximate surface area is 205 Å². The van der Waals surface area contributed by atoms with E-state index in [4.69, 9.17) is 16.7 Å². The van der Waals surface area contributed by atoms with Gasteiger partial charge in [-0.15, -0.1) is 0 Å². The van der Waals surface area contributed by atoms with Crippen LogP contribution in [0.5, 0.6) is 0 Å². The van der Waals surface area contributed by atoms with E-state index >= 15 is 0 Å². The van der Waals surface area contributed by atoms with Crippen molar-refractivity contribution in [3.63, 3.8) is 0 Å². The molecule has 34 heavy (non-hydrogen) atoms. The molecule has 1 amide bonds. The molecule has 0 aromatic heterocycles. The zero-order valence-corrected chi connectivity index (χ0v) is 20.1. The minimum atomic E-state index is -0.661. The van der Waals surface area contributed by atoms with E-state index in [2.05, 4.69) is 47.4 Å². The van der Waals surface area contributed by atoms with Gasteiger partial charge in [0.1, 0.15) is 5.41 Å².